The molecule has 0 aromatic carbocycles. The largest absolute Gasteiger partial charge is 0.481 e. The van der Waals surface area contributed by atoms with Crippen LogP contribution in [0.2, 0.25) is 0 Å². The van der Waals surface area contributed by atoms with Crippen molar-refractivity contribution in [3.63, 3.8) is 0 Å². The number of hydrogen-bond acceptors (Lipinski definition) is 5. The van der Waals surface area contributed by atoms with E-state index in [1.54, 1.807) is 7.11 Å². The van der Waals surface area contributed by atoms with Crippen LogP contribution in [0, 0.1) is 0 Å². The first-order valence-electron chi connectivity index (χ1n) is 5.82. The van der Waals surface area contributed by atoms with Gasteiger partial charge in [0.2, 0.25) is 0 Å². The Labute approximate surface area is 101 Å². The molecule has 0 unspecified atom stereocenters. The fourth-order valence-corrected chi connectivity index (χ4v) is 1.68. The second-order valence-corrected chi connectivity index (χ2v) is 4.16. The zero-order valence-electron chi connectivity index (χ0n) is 10.2. The van der Waals surface area contributed by atoms with Gasteiger partial charge in [-0.1, -0.05) is 0 Å². The lowest BCUT2D eigenvalue weighted by Gasteiger charge is -2.41. The Bertz CT molecular complexity index is 230. The van der Waals surface area contributed by atoms with E-state index < -0.39 is 11.6 Å². The Morgan fingerprint density at radius 3 is 2.59 bits per heavy atom. The summed E-state index contributed by atoms with van der Waals surface area (Å²) in [7, 11) is 1.66. The summed E-state index contributed by atoms with van der Waals surface area (Å²) < 4.78 is 15.8. The smallest absolute Gasteiger partial charge is 0.306 e. The first-order chi connectivity index (χ1) is 8.18. The lowest BCUT2D eigenvalue weighted by atomic mass is 9.93. The third-order valence-corrected chi connectivity index (χ3v) is 2.64. The second kappa shape index (κ2) is 7.60. The van der Waals surface area contributed by atoms with Crippen molar-refractivity contribution in [3.05, 3.63) is 0 Å². The molecule has 0 aromatic heterocycles. The van der Waals surface area contributed by atoms with Crippen molar-refractivity contribution < 1.29 is 24.1 Å². The summed E-state index contributed by atoms with van der Waals surface area (Å²) in [6.45, 7) is 3.45. The maximum Gasteiger partial charge on any atom is 0.306 e. The molecule has 1 fully saturated rings. The predicted molar refractivity (Wildman–Crippen MR) is 61.1 cm³/mol. The molecule has 0 aromatic rings. The van der Waals surface area contributed by atoms with Gasteiger partial charge in [-0.3, -0.25) is 4.79 Å². The molecule has 0 saturated carbocycles. The van der Waals surface area contributed by atoms with Gasteiger partial charge in [0.1, 0.15) is 5.60 Å². The number of nitrogens with one attached hydrogen (secondary N) is 1. The van der Waals surface area contributed by atoms with Gasteiger partial charge in [0.15, 0.2) is 0 Å². The molecule has 0 atom stereocenters. The molecule has 0 radical (unpaired) electrons. The summed E-state index contributed by atoms with van der Waals surface area (Å²) in [6.07, 6.45) is 0.905. The molecular weight excluding hydrogens is 226 g/mol. The van der Waals surface area contributed by atoms with E-state index in [9.17, 15) is 4.79 Å². The van der Waals surface area contributed by atoms with Crippen molar-refractivity contribution in [3.8, 4) is 0 Å². The maximum absolute atomic E-state index is 10.7. The monoisotopic (exact) mass is 247 g/mol. The molecule has 1 saturated heterocycles. The molecule has 1 aliphatic rings. The molecule has 6 nitrogen and oxygen atoms in total. The van der Waals surface area contributed by atoms with Gasteiger partial charge in [0.05, 0.1) is 19.6 Å². The van der Waals surface area contributed by atoms with Gasteiger partial charge in [-0.05, 0) is 6.42 Å². The number of carbonyl (C=O) groups is 1. The van der Waals surface area contributed by atoms with Crippen molar-refractivity contribution in [2.24, 2.45) is 0 Å². The van der Waals surface area contributed by atoms with Crippen LogP contribution in [0.15, 0.2) is 0 Å². The van der Waals surface area contributed by atoms with Crippen LogP contribution in [0.5, 0.6) is 0 Å². The maximum atomic E-state index is 10.7. The zero-order chi connectivity index (χ0) is 12.6. The Morgan fingerprint density at radius 1 is 1.29 bits per heavy atom. The lowest BCUT2D eigenvalue weighted by Crippen LogP contribution is -2.62. The van der Waals surface area contributed by atoms with Crippen LogP contribution in [0.25, 0.3) is 0 Å². The molecule has 1 rings (SSSR count). The van der Waals surface area contributed by atoms with Crippen molar-refractivity contribution in [1.82, 2.24) is 5.32 Å². The minimum Gasteiger partial charge on any atom is -0.481 e. The first kappa shape index (κ1) is 14.4. The molecule has 1 heterocycles. The summed E-state index contributed by atoms with van der Waals surface area (Å²) in [4.78, 5) is 10.7. The van der Waals surface area contributed by atoms with Gasteiger partial charge >= 0.3 is 5.97 Å². The summed E-state index contributed by atoms with van der Waals surface area (Å²) in [5.41, 5.74) is -0.526. The number of methoxy groups -OCH3 is 1. The highest BCUT2D eigenvalue weighted by Gasteiger charge is 2.40. The van der Waals surface area contributed by atoms with E-state index in [1.807, 2.05) is 0 Å². The van der Waals surface area contributed by atoms with Crippen LogP contribution in [-0.4, -0.2) is 63.3 Å². The van der Waals surface area contributed by atoms with Gasteiger partial charge in [-0.25, -0.2) is 0 Å². The SMILES string of the molecule is COCCCOCCOC1(CC(=O)O)CNC1. The van der Waals surface area contributed by atoms with Crippen LogP contribution in [-0.2, 0) is 19.0 Å². The van der Waals surface area contributed by atoms with Crippen molar-refractivity contribution in [2.75, 3.05) is 46.6 Å². The van der Waals surface area contributed by atoms with E-state index in [1.165, 1.54) is 0 Å². The first-order valence-corrected chi connectivity index (χ1v) is 5.82. The highest BCUT2D eigenvalue weighted by molar-refractivity contribution is 5.68. The van der Waals surface area contributed by atoms with E-state index in [0.717, 1.165) is 6.42 Å². The molecular formula is C11H21NO5. The van der Waals surface area contributed by atoms with Gasteiger partial charge in [0.25, 0.3) is 0 Å². The van der Waals surface area contributed by atoms with Gasteiger partial charge in [-0.15, -0.1) is 0 Å². The summed E-state index contributed by atoms with van der Waals surface area (Å²) in [6, 6.07) is 0. The van der Waals surface area contributed by atoms with Gasteiger partial charge in [0, 0.05) is 33.4 Å². The van der Waals surface area contributed by atoms with E-state index >= 15 is 0 Å². The highest BCUT2D eigenvalue weighted by atomic mass is 16.5. The molecule has 1 aliphatic heterocycles. The molecule has 6 heteroatoms. The van der Waals surface area contributed by atoms with E-state index in [0.29, 0.717) is 39.5 Å². The van der Waals surface area contributed by atoms with Crippen LogP contribution < -0.4 is 5.32 Å². The standard InChI is InChI=1S/C11H21NO5/c1-15-3-2-4-16-5-6-17-11(7-10(13)14)8-12-9-11/h12H,2-9H2,1H3,(H,13,14). The van der Waals surface area contributed by atoms with E-state index in [2.05, 4.69) is 5.32 Å². The van der Waals surface area contributed by atoms with Gasteiger partial charge < -0.3 is 24.6 Å². The minimum atomic E-state index is -0.826. The summed E-state index contributed by atoms with van der Waals surface area (Å²) >= 11 is 0. The zero-order valence-corrected chi connectivity index (χ0v) is 10.2. The molecule has 0 spiro atoms. The van der Waals surface area contributed by atoms with Gasteiger partial charge in [-0.2, -0.15) is 0 Å². The molecule has 100 valence electrons. The minimum absolute atomic E-state index is 0.0453. The third kappa shape index (κ3) is 5.45. The van der Waals surface area contributed by atoms with E-state index in [4.69, 9.17) is 19.3 Å². The van der Waals surface area contributed by atoms with Crippen molar-refractivity contribution >= 4 is 5.97 Å². The molecule has 2 N–H and O–H groups in total. The number of ether oxygens (including phenoxy) is 3. The number of carboxylic acids is 1. The Balaban J connectivity index is 2.02. The quantitative estimate of drug-likeness (QED) is 0.524. The fraction of sp³-hybridized carbons (Fsp3) is 0.909. The Hall–Kier alpha value is -0.690. The number of carboxylic acid groups (broad SMARTS) is 1. The fourth-order valence-electron chi connectivity index (χ4n) is 1.68. The average molecular weight is 247 g/mol. The Morgan fingerprint density at radius 2 is 2.06 bits per heavy atom. The third-order valence-electron chi connectivity index (χ3n) is 2.64. The predicted octanol–water partition coefficient (Wildman–Crippen LogP) is -0.127. The van der Waals surface area contributed by atoms with Crippen LogP contribution >= 0.6 is 0 Å². The number of aliphatic carboxylic acids is 1. The van der Waals surface area contributed by atoms with Crippen molar-refractivity contribution in [2.45, 2.75) is 18.4 Å². The summed E-state index contributed by atoms with van der Waals surface area (Å²) in [5, 5.41) is 11.8. The molecule has 0 bridgehead atoms. The second-order valence-electron chi connectivity index (χ2n) is 4.16. The number of hydrogen-bond donors (Lipinski definition) is 2. The normalized spacial score (nSPS) is 17.7. The van der Waals surface area contributed by atoms with E-state index in [-0.39, 0.29) is 6.42 Å². The lowest BCUT2D eigenvalue weighted by molar-refractivity contribution is -0.152. The summed E-state index contributed by atoms with van der Waals surface area (Å²) in [5.74, 6) is -0.826. The van der Waals surface area contributed by atoms with Crippen molar-refractivity contribution in [1.29, 1.82) is 0 Å². The van der Waals surface area contributed by atoms with Crippen LogP contribution in [0.3, 0.4) is 0 Å². The molecule has 0 aliphatic carbocycles. The highest BCUT2D eigenvalue weighted by Crippen LogP contribution is 2.20. The van der Waals surface area contributed by atoms with Crippen LogP contribution in [0.1, 0.15) is 12.8 Å². The molecule has 17 heavy (non-hydrogen) atoms. The Kier molecular flexibility index (Phi) is 6.43. The van der Waals surface area contributed by atoms with Crippen LogP contribution in [0.4, 0.5) is 0 Å². The topological polar surface area (TPSA) is 77.0 Å². The molecule has 0 amide bonds. The number of rotatable bonds is 10. The average Bonchev–Trinajstić information content (AvgIpc) is 2.23.